The van der Waals surface area contributed by atoms with Crippen molar-refractivity contribution in [3.8, 4) is 6.07 Å². The molecule has 3 rings (SSSR count). The second-order valence-corrected chi connectivity index (χ2v) is 7.08. The predicted octanol–water partition coefficient (Wildman–Crippen LogP) is 3.59. The maximum Gasteiger partial charge on any atom is 0.234 e. The third-order valence-corrected chi connectivity index (χ3v) is 5.61. The Hall–Kier alpha value is -2.04. The molecule has 1 aliphatic rings. The van der Waals surface area contributed by atoms with Gasteiger partial charge in [-0.2, -0.15) is 5.26 Å². The first kappa shape index (κ1) is 16.8. The Balaban J connectivity index is 1.88. The van der Waals surface area contributed by atoms with E-state index < -0.39 is 0 Å². The van der Waals surface area contributed by atoms with Crippen molar-refractivity contribution in [1.82, 2.24) is 9.88 Å². The Bertz CT molecular complexity index is 804. The Morgan fingerprint density at radius 2 is 2.12 bits per heavy atom. The van der Waals surface area contributed by atoms with E-state index >= 15 is 0 Å². The number of carbonyl (C=O) groups excluding carboxylic acids is 1. The predicted molar refractivity (Wildman–Crippen MR) is 92.9 cm³/mol. The number of hydrogen-bond acceptors (Lipinski definition) is 5. The highest BCUT2D eigenvalue weighted by Gasteiger charge is 2.34. The number of nitriles is 1. The maximum absolute atomic E-state index is 13.1. The molecule has 1 unspecified atom stereocenters. The minimum atomic E-state index is -0.296. The molecule has 1 fully saturated rings. The number of carbonyl (C=O) groups is 1. The van der Waals surface area contributed by atoms with Crippen molar-refractivity contribution in [2.24, 2.45) is 0 Å². The van der Waals surface area contributed by atoms with Crippen LogP contribution in [0.25, 0.3) is 0 Å². The fourth-order valence-corrected chi connectivity index (χ4v) is 4.16. The topological polar surface area (TPSA) is 57.0 Å². The van der Waals surface area contributed by atoms with Crippen LogP contribution in [-0.2, 0) is 11.3 Å². The highest BCUT2D eigenvalue weighted by molar-refractivity contribution is 8.00. The largest absolute Gasteiger partial charge is 0.320 e. The lowest BCUT2D eigenvalue weighted by Crippen LogP contribution is -2.28. The van der Waals surface area contributed by atoms with Crippen LogP contribution in [0.5, 0.6) is 0 Å². The Morgan fingerprint density at radius 3 is 2.79 bits per heavy atom. The number of hydrogen-bond donors (Lipinski definition) is 0. The molecule has 0 N–H and O–H groups in total. The molecule has 2 aromatic rings. The van der Waals surface area contributed by atoms with Gasteiger partial charge in [0.2, 0.25) is 5.91 Å². The molecule has 0 aliphatic carbocycles. The minimum absolute atomic E-state index is 0.0335. The molecule has 7 heteroatoms. The van der Waals surface area contributed by atoms with Gasteiger partial charge in [-0.15, -0.1) is 23.5 Å². The summed E-state index contributed by atoms with van der Waals surface area (Å²) in [4.78, 5) is 18.5. The number of amides is 1. The van der Waals surface area contributed by atoms with Crippen LogP contribution >= 0.6 is 23.5 Å². The van der Waals surface area contributed by atoms with Crippen LogP contribution in [0.4, 0.5) is 4.39 Å². The lowest BCUT2D eigenvalue weighted by Gasteiger charge is -2.24. The van der Waals surface area contributed by atoms with Crippen LogP contribution < -0.4 is 0 Å². The van der Waals surface area contributed by atoms with E-state index in [9.17, 15) is 9.18 Å². The number of rotatable bonds is 4. The molecule has 1 amide bonds. The van der Waals surface area contributed by atoms with Crippen LogP contribution in [0, 0.1) is 17.1 Å². The molecule has 1 atom stereocenters. The first-order valence-electron chi connectivity index (χ1n) is 7.23. The molecule has 4 nitrogen and oxygen atoms in total. The van der Waals surface area contributed by atoms with Crippen molar-refractivity contribution in [2.75, 3.05) is 12.0 Å². The fourth-order valence-electron chi connectivity index (χ4n) is 2.49. The average Bonchev–Trinajstić information content (AvgIpc) is 2.97. The second kappa shape index (κ2) is 7.24. The molecular formula is C17H14FN3OS2. The van der Waals surface area contributed by atoms with Gasteiger partial charge in [-0.1, -0.05) is 12.1 Å². The van der Waals surface area contributed by atoms with Crippen molar-refractivity contribution in [3.63, 3.8) is 0 Å². The summed E-state index contributed by atoms with van der Waals surface area (Å²) in [5, 5.41) is 9.58. The summed E-state index contributed by atoms with van der Waals surface area (Å²) >= 11 is 2.93. The van der Waals surface area contributed by atoms with Gasteiger partial charge >= 0.3 is 0 Å². The molecule has 0 spiro atoms. The lowest BCUT2D eigenvalue weighted by atomic mass is 10.2. The number of thioether (sulfide) groups is 2. The van der Waals surface area contributed by atoms with E-state index in [0.29, 0.717) is 22.9 Å². The van der Waals surface area contributed by atoms with E-state index in [1.807, 2.05) is 6.26 Å². The number of benzene rings is 1. The van der Waals surface area contributed by atoms with Crippen molar-refractivity contribution < 1.29 is 9.18 Å². The van der Waals surface area contributed by atoms with E-state index in [0.717, 1.165) is 11.3 Å². The molecular weight excluding hydrogens is 345 g/mol. The van der Waals surface area contributed by atoms with Crippen LogP contribution in [0.2, 0.25) is 0 Å². The van der Waals surface area contributed by atoms with Crippen molar-refractivity contribution in [1.29, 1.82) is 5.26 Å². The number of nitrogens with zero attached hydrogens (tertiary/aromatic N) is 3. The third kappa shape index (κ3) is 3.40. The standard InChI is InChI=1S/C17H14FN3OS2/c1-23-16-12(8-19)4-7-14(20-16)17-21(15(22)10-24-17)9-11-2-5-13(18)6-3-11/h2-7,17H,9-10H2,1H3. The molecule has 2 heterocycles. The van der Waals surface area contributed by atoms with Gasteiger partial charge in [-0.05, 0) is 36.1 Å². The zero-order chi connectivity index (χ0) is 17.1. The van der Waals surface area contributed by atoms with Gasteiger partial charge in [-0.25, -0.2) is 9.37 Å². The average molecular weight is 359 g/mol. The number of pyridine rings is 1. The Labute approximate surface area is 148 Å². The van der Waals surface area contributed by atoms with E-state index in [1.54, 1.807) is 29.2 Å². The van der Waals surface area contributed by atoms with Crippen molar-refractivity contribution in [3.05, 3.63) is 59.0 Å². The monoisotopic (exact) mass is 359 g/mol. The normalized spacial score (nSPS) is 17.1. The summed E-state index contributed by atoms with van der Waals surface area (Å²) in [5.41, 5.74) is 2.16. The minimum Gasteiger partial charge on any atom is -0.320 e. The third-order valence-electron chi connectivity index (χ3n) is 3.68. The quantitative estimate of drug-likeness (QED) is 0.781. The molecule has 122 valence electrons. The SMILES string of the molecule is CSc1nc(C2SCC(=O)N2Cc2ccc(F)cc2)ccc1C#N. The van der Waals surface area contributed by atoms with Gasteiger partial charge in [-0.3, -0.25) is 4.79 Å². The molecule has 1 aromatic carbocycles. The molecule has 1 aromatic heterocycles. The van der Waals surface area contributed by atoms with Gasteiger partial charge in [0.15, 0.2) is 0 Å². The zero-order valence-corrected chi connectivity index (χ0v) is 14.5. The van der Waals surface area contributed by atoms with Gasteiger partial charge in [0, 0.05) is 6.54 Å². The van der Waals surface area contributed by atoms with Gasteiger partial charge in [0.1, 0.15) is 22.3 Å². The summed E-state index contributed by atoms with van der Waals surface area (Å²) < 4.78 is 13.1. The Kier molecular flexibility index (Phi) is 5.07. The fraction of sp³-hybridized carbons (Fsp3) is 0.235. The van der Waals surface area contributed by atoms with E-state index in [1.165, 1.54) is 35.7 Å². The van der Waals surface area contributed by atoms with Crippen LogP contribution in [0.3, 0.4) is 0 Å². The molecule has 24 heavy (non-hydrogen) atoms. The van der Waals surface area contributed by atoms with E-state index in [-0.39, 0.29) is 17.1 Å². The van der Waals surface area contributed by atoms with Crippen LogP contribution in [0.15, 0.2) is 41.4 Å². The highest BCUT2D eigenvalue weighted by Crippen LogP contribution is 2.39. The summed E-state index contributed by atoms with van der Waals surface area (Å²) in [7, 11) is 0. The summed E-state index contributed by atoms with van der Waals surface area (Å²) in [6.07, 6.45) is 1.87. The highest BCUT2D eigenvalue weighted by atomic mass is 32.2. The maximum atomic E-state index is 13.1. The first-order valence-corrected chi connectivity index (χ1v) is 9.50. The molecule has 0 saturated carbocycles. The lowest BCUT2D eigenvalue weighted by molar-refractivity contribution is -0.128. The Morgan fingerprint density at radius 1 is 1.38 bits per heavy atom. The van der Waals surface area contributed by atoms with Gasteiger partial charge in [0.05, 0.1) is 17.0 Å². The molecule has 0 radical (unpaired) electrons. The smallest absolute Gasteiger partial charge is 0.234 e. The van der Waals surface area contributed by atoms with Crippen molar-refractivity contribution in [2.45, 2.75) is 16.9 Å². The summed E-state index contributed by atoms with van der Waals surface area (Å²) in [6.45, 7) is 0.410. The molecule has 1 saturated heterocycles. The summed E-state index contributed by atoms with van der Waals surface area (Å²) in [5.74, 6) is 0.129. The van der Waals surface area contributed by atoms with Gasteiger partial charge in [0.25, 0.3) is 0 Å². The molecule has 0 bridgehead atoms. The first-order chi connectivity index (χ1) is 11.6. The van der Waals surface area contributed by atoms with Gasteiger partial charge < -0.3 is 4.90 Å². The van der Waals surface area contributed by atoms with E-state index in [2.05, 4.69) is 11.1 Å². The number of aromatic nitrogens is 1. The van der Waals surface area contributed by atoms with Crippen LogP contribution in [-0.4, -0.2) is 27.8 Å². The second-order valence-electron chi connectivity index (χ2n) is 5.22. The summed E-state index contributed by atoms with van der Waals surface area (Å²) in [6, 6.07) is 11.8. The van der Waals surface area contributed by atoms with Crippen LogP contribution in [0.1, 0.15) is 22.2 Å². The molecule has 1 aliphatic heterocycles. The van der Waals surface area contributed by atoms with E-state index in [4.69, 9.17) is 5.26 Å². The zero-order valence-electron chi connectivity index (χ0n) is 12.9. The number of halogens is 1. The van der Waals surface area contributed by atoms with Crippen molar-refractivity contribution >= 4 is 29.4 Å².